The molecule has 26 heavy (non-hydrogen) atoms. The minimum atomic E-state index is -0.379. The highest BCUT2D eigenvalue weighted by Crippen LogP contribution is 2.27. The van der Waals surface area contributed by atoms with Crippen molar-refractivity contribution in [3.63, 3.8) is 0 Å². The molecule has 0 aliphatic heterocycles. The number of H-pyrrole nitrogens is 1. The Bertz CT molecular complexity index is 1070. The summed E-state index contributed by atoms with van der Waals surface area (Å²) in [4.78, 5) is 17.3. The largest absolute Gasteiger partial charge is 0.481 e. The molecule has 0 atom stereocenters. The van der Waals surface area contributed by atoms with Crippen LogP contribution in [0.3, 0.4) is 0 Å². The number of hydrogen-bond donors (Lipinski definition) is 1. The summed E-state index contributed by atoms with van der Waals surface area (Å²) in [6, 6.07) is 3.59. The second-order valence-corrected chi connectivity index (χ2v) is 7.06. The summed E-state index contributed by atoms with van der Waals surface area (Å²) in [5.41, 5.74) is 6.60. The van der Waals surface area contributed by atoms with E-state index in [4.69, 9.17) is 4.74 Å². The Morgan fingerprint density at radius 2 is 2.00 bits per heavy atom. The third-order valence-corrected chi connectivity index (χ3v) is 5.15. The molecule has 132 valence electrons. The smallest absolute Gasteiger partial charge is 0.216 e. The molecule has 0 amide bonds. The maximum atomic E-state index is 13.6. The predicted molar refractivity (Wildman–Crippen MR) is 99.3 cm³/mol. The number of thiazole rings is 1. The van der Waals surface area contributed by atoms with Gasteiger partial charge < -0.3 is 9.72 Å². The Morgan fingerprint density at radius 1 is 1.12 bits per heavy atom. The lowest BCUT2D eigenvalue weighted by molar-refractivity contribution is 0.391. The molecule has 4 aromatic heterocycles. The van der Waals surface area contributed by atoms with Gasteiger partial charge in [-0.05, 0) is 30.2 Å². The van der Waals surface area contributed by atoms with Gasteiger partial charge in [0.15, 0.2) is 0 Å². The summed E-state index contributed by atoms with van der Waals surface area (Å²) in [5.74, 6) is 0.0491. The van der Waals surface area contributed by atoms with Gasteiger partial charge in [0.05, 0.1) is 24.5 Å². The van der Waals surface area contributed by atoms with E-state index in [-0.39, 0.29) is 5.82 Å². The van der Waals surface area contributed by atoms with Crippen molar-refractivity contribution in [2.24, 2.45) is 0 Å². The predicted octanol–water partition coefficient (Wildman–Crippen LogP) is 4.05. The van der Waals surface area contributed by atoms with Crippen LogP contribution in [-0.2, 0) is 12.8 Å². The average Bonchev–Trinajstić information content (AvgIpc) is 3.23. The number of rotatable bonds is 5. The number of aryl methyl sites for hydroxylation is 1. The van der Waals surface area contributed by atoms with Gasteiger partial charge in [0.25, 0.3) is 0 Å². The molecule has 4 aromatic rings. The average molecular weight is 368 g/mol. The fourth-order valence-electron chi connectivity index (χ4n) is 3.02. The molecule has 1 N–H and O–H groups in total. The van der Waals surface area contributed by atoms with E-state index in [0.29, 0.717) is 17.9 Å². The van der Waals surface area contributed by atoms with E-state index in [0.717, 1.165) is 39.8 Å². The molecule has 0 saturated heterocycles. The van der Waals surface area contributed by atoms with Crippen LogP contribution < -0.4 is 4.74 Å². The first-order chi connectivity index (χ1) is 12.6. The number of nitrogens with one attached hydrogen (secondary N) is 1. The van der Waals surface area contributed by atoms with Gasteiger partial charge in [0.2, 0.25) is 5.88 Å². The van der Waals surface area contributed by atoms with Crippen molar-refractivity contribution >= 4 is 22.4 Å². The fourth-order valence-corrected chi connectivity index (χ4v) is 3.83. The van der Waals surface area contributed by atoms with Gasteiger partial charge in [0.1, 0.15) is 11.5 Å². The number of pyridine rings is 2. The zero-order valence-corrected chi connectivity index (χ0v) is 15.2. The van der Waals surface area contributed by atoms with Crippen molar-refractivity contribution < 1.29 is 9.13 Å². The highest BCUT2D eigenvalue weighted by Gasteiger charge is 2.15. The molecule has 0 saturated carbocycles. The summed E-state index contributed by atoms with van der Waals surface area (Å²) in [7, 11) is 1.53. The van der Waals surface area contributed by atoms with E-state index in [9.17, 15) is 4.39 Å². The molecule has 7 heteroatoms. The lowest BCUT2D eigenvalue weighted by atomic mass is 10.1. The lowest BCUT2D eigenvalue weighted by Crippen LogP contribution is -2.00. The van der Waals surface area contributed by atoms with E-state index in [1.54, 1.807) is 11.3 Å². The monoisotopic (exact) mass is 368 g/mol. The highest BCUT2D eigenvalue weighted by molar-refractivity contribution is 7.09. The number of aromatic amines is 1. The minimum absolute atomic E-state index is 0.379. The van der Waals surface area contributed by atoms with Crippen LogP contribution in [0, 0.1) is 12.7 Å². The van der Waals surface area contributed by atoms with Crippen molar-refractivity contribution in [2.45, 2.75) is 19.8 Å². The molecule has 0 bridgehead atoms. The number of hydrogen-bond acceptors (Lipinski definition) is 5. The van der Waals surface area contributed by atoms with Gasteiger partial charge in [-0.15, -0.1) is 11.3 Å². The maximum absolute atomic E-state index is 13.6. The maximum Gasteiger partial charge on any atom is 0.216 e. The van der Waals surface area contributed by atoms with Crippen LogP contribution in [0.4, 0.5) is 4.39 Å². The molecule has 0 aliphatic rings. The van der Waals surface area contributed by atoms with Crippen LogP contribution in [0.1, 0.15) is 27.3 Å². The molecule has 0 unspecified atom stereocenters. The van der Waals surface area contributed by atoms with Crippen LogP contribution in [0.5, 0.6) is 5.88 Å². The van der Waals surface area contributed by atoms with Crippen LogP contribution >= 0.6 is 11.3 Å². The Kier molecular flexibility index (Phi) is 4.38. The van der Waals surface area contributed by atoms with Crippen molar-refractivity contribution in [2.75, 3.05) is 7.11 Å². The molecular weight excluding hydrogens is 351 g/mol. The van der Waals surface area contributed by atoms with E-state index in [1.807, 2.05) is 24.8 Å². The number of methoxy groups -OCH3 is 1. The standard InChI is InChI=1S/C19H17FN4OS/c1-11-3-15-13(8-22-18(15)21-7-11)6-17-16(24-10-26-17)5-12-4-14(20)9-23-19(12)25-2/h3-4,7-10H,5-6H2,1-2H3,(H,21,22). The summed E-state index contributed by atoms with van der Waals surface area (Å²) in [5, 5.41) is 1.12. The van der Waals surface area contributed by atoms with E-state index < -0.39 is 0 Å². The van der Waals surface area contributed by atoms with E-state index >= 15 is 0 Å². The van der Waals surface area contributed by atoms with Gasteiger partial charge in [-0.3, -0.25) is 0 Å². The van der Waals surface area contributed by atoms with E-state index in [2.05, 4.69) is 26.0 Å². The molecule has 4 heterocycles. The molecule has 0 aromatic carbocycles. The Labute approximate surface area is 153 Å². The first-order valence-corrected chi connectivity index (χ1v) is 9.04. The Balaban J connectivity index is 1.65. The summed E-state index contributed by atoms with van der Waals surface area (Å²) < 4.78 is 18.8. The number of ether oxygens (including phenoxy) is 1. The third-order valence-electron chi connectivity index (χ3n) is 4.27. The molecule has 0 spiro atoms. The first-order valence-electron chi connectivity index (χ1n) is 8.16. The summed E-state index contributed by atoms with van der Waals surface area (Å²) in [6.07, 6.45) is 6.23. The van der Waals surface area contributed by atoms with Crippen LogP contribution in [0.25, 0.3) is 11.0 Å². The lowest BCUT2D eigenvalue weighted by Gasteiger charge is -2.07. The number of fused-ring (bicyclic) bond motifs is 1. The van der Waals surface area contributed by atoms with Gasteiger partial charge >= 0.3 is 0 Å². The van der Waals surface area contributed by atoms with Gasteiger partial charge in [-0.25, -0.2) is 19.3 Å². The molecule has 4 rings (SSSR count). The minimum Gasteiger partial charge on any atom is -0.481 e. The second-order valence-electron chi connectivity index (χ2n) is 6.12. The number of nitrogens with zero attached hydrogens (tertiary/aromatic N) is 3. The molecule has 0 radical (unpaired) electrons. The normalized spacial score (nSPS) is 11.2. The van der Waals surface area contributed by atoms with Gasteiger partial charge in [-0.1, -0.05) is 0 Å². The zero-order valence-electron chi connectivity index (χ0n) is 14.4. The van der Waals surface area contributed by atoms with Crippen LogP contribution in [0.15, 0.2) is 36.2 Å². The zero-order chi connectivity index (χ0) is 18.1. The summed E-state index contributed by atoms with van der Waals surface area (Å²) in [6.45, 7) is 2.03. The molecular formula is C19H17FN4OS. The van der Waals surface area contributed by atoms with Crippen molar-refractivity contribution in [3.05, 3.63) is 69.3 Å². The van der Waals surface area contributed by atoms with Crippen molar-refractivity contribution in [3.8, 4) is 5.88 Å². The Morgan fingerprint density at radius 3 is 2.85 bits per heavy atom. The molecule has 5 nitrogen and oxygen atoms in total. The Hall–Kier alpha value is -2.80. The highest BCUT2D eigenvalue weighted by atomic mass is 32.1. The first kappa shape index (κ1) is 16.7. The second kappa shape index (κ2) is 6.84. The van der Waals surface area contributed by atoms with Gasteiger partial charge in [-0.2, -0.15) is 0 Å². The summed E-state index contributed by atoms with van der Waals surface area (Å²) >= 11 is 1.60. The van der Waals surface area contributed by atoms with Gasteiger partial charge in [0, 0.05) is 41.1 Å². The van der Waals surface area contributed by atoms with Crippen molar-refractivity contribution in [1.82, 2.24) is 19.9 Å². The topological polar surface area (TPSA) is 63.7 Å². The van der Waals surface area contributed by atoms with Crippen molar-refractivity contribution in [1.29, 1.82) is 0 Å². The van der Waals surface area contributed by atoms with Crippen LogP contribution in [0.2, 0.25) is 0 Å². The number of aromatic nitrogens is 4. The molecule has 0 aliphatic carbocycles. The SMILES string of the molecule is COc1ncc(F)cc1Cc1ncsc1Cc1c[nH]c2ncc(C)cc12. The van der Waals surface area contributed by atoms with E-state index in [1.165, 1.54) is 18.7 Å². The fraction of sp³-hybridized carbons (Fsp3) is 0.211. The molecule has 0 fully saturated rings. The number of halogens is 1. The quantitative estimate of drug-likeness (QED) is 0.577. The van der Waals surface area contributed by atoms with Crippen LogP contribution in [-0.4, -0.2) is 27.0 Å². The third kappa shape index (κ3) is 3.17.